The van der Waals surface area contributed by atoms with Crippen molar-refractivity contribution in [3.63, 3.8) is 0 Å². The van der Waals surface area contributed by atoms with E-state index in [1.807, 2.05) is 18.2 Å². The van der Waals surface area contributed by atoms with Crippen LogP contribution in [0.1, 0.15) is 25.8 Å². The normalized spacial score (nSPS) is 15.1. The zero-order chi connectivity index (χ0) is 10.4. The van der Waals surface area contributed by atoms with Crippen LogP contribution in [0.2, 0.25) is 0 Å². The summed E-state index contributed by atoms with van der Waals surface area (Å²) in [5.74, 6) is 0. The van der Waals surface area contributed by atoms with Gasteiger partial charge in [-0.2, -0.15) is 0 Å². The molecule has 0 spiro atoms. The van der Waals surface area contributed by atoms with Gasteiger partial charge in [0, 0.05) is 4.43 Å². The highest BCUT2D eigenvalue weighted by atomic mass is 127. The van der Waals surface area contributed by atoms with Crippen molar-refractivity contribution >= 4 is 22.6 Å². The van der Waals surface area contributed by atoms with E-state index >= 15 is 0 Å². The quantitative estimate of drug-likeness (QED) is 0.594. The van der Waals surface area contributed by atoms with E-state index in [4.69, 9.17) is 4.74 Å². The molecule has 14 heavy (non-hydrogen) atoms. The largest absolute Gasteiger partial charge is 0.370 e. The zero-order valence-electron chi connectivity index (χ0n) is 8.79. The van der Waals surface area contributed by atoms with Crippen LogP contribution < -0.4 is 0 Å². The van der Waals surface area contributed by atoms with Crippen molar-refractivity contribution in [2.45, 2.75) is 32.5 Å². The molecule has 0 aliphatic heterocycles. The zero-order valence-corrected chi connectivity index (χ0v) is 11.0. The van der Waals surface area contributed by atoms with Crippen LogP contribution in [0.5, 0.6) is 0 Å². The van der Waals surface area contributed by atoms with E-state index < -0.39 is 0 Å². The lowest BCUT2D eigenvalue weighted by Gasteiger charge is -2.26. The second-order valence-corrected chi connectivity index (χ2v) is 4.47. The van der Waals surface area contributed by atoms with Gasteiger partial charge in [-0.1, -0.05) is 59.8 Å². The topological polar surface area (TPSA) is 9.23 Å². The summed E-state index contributed by atoms with van der Waals surface area (Å²) in [4.78, 5) is 0. The summed E-state index contributed by atoms with van der Waals surface area (Å²) in [5.41, 5.74) is 1.27. The maximum atomic E-state index is 5.91. The molecule has 1 atom stereocenters. The molecule has 1 aromatic carbocycles. The smallest absolute Gasteiger partial charge is 0.0745 e. The predicted octanol–water partition coefficient (Wildman–Crippen LogP) is 3.81. The molecule has 0 saturated carbocycles. The summed E-state index contributed by atoms with van der Waals surface area (Å²) in [6.45, 7) is 5.06. The molecule has 0 aromatic heterocycles. The molecule has 0 fully saturated rings. The number of rotatable bonds is 5. The van der Waals surface area contributed by atoms with E-state index in [0.717, 1.165) is 10.8 Å². The molecule has 0 aliphatic carbocycles. The molecule has 1 rings (SSSR count). The molecule has 1 aromatic rings. The molecule has 1 nitrogen and oxygen atoms in total. The van der Waals surface area contributed by atoms with Crippen LogP contribution in [0.25, 0.3) is 0 Å². The van der Waals surface area contributed by atoms with Gasteiger partial charge in [-0.05, 0) is 18.9 Å². The van der Waals surface area contributed by atoms with Gasteiger partial charge < -0.3 is 4.74 Å². The first-order valence-electron chi connectivity index (χ1n) is 4.94. The van der Waals surface area contributed by atoms with E-state index in [0.29, 0.717) is 6.61 Å². The number of hydrogen-bond donors (Lipinski definition) is 0. The molecule has 0 aliphatic rings. The lowest BCUT2D eigenvalue weighted by molar-refractivity contribution is -0.0257. The minimum absolute atomic E-state index is 0.0242. The first-order valence-corrected chi connectivity index (χ1v) is 6.46. The Kier molecular flexibility index (Phi) is 4.89. The Balaban J connectivity index is 2.48. The van der Waals surface area contributed by atoms with Gasteiger partial charge in [0.05, 0.1) is 12.2 Å². The highest BCUT2D eigenvalue weighted by Crippen LogP contribution is 2.20. The van der Waals surface area contributed by atoms with Crippen molar-refractivity contribution in [3.8, 4) is 0 Å². The van der Waals surface area contributed by atoms with E-state index in [2.05, 4.69) is 48.6 Å². The van der Waals surface area contributed by atoms with Crippen LogP contribution >= 0.6 is 22.6 Å². The fourth-order valence-corrected chi connectivity index (χ4v) is 1.83. The highest BCUT2D eigenvalue weighted by molar-refractivity contribution is 14.1. The van der Waals surface area contributed by atoms with Crippen LogP contribution in [-0.2, 0) is 11.3 Å². The lowest BCUT2D eigenvalue weighted by Crippen LogP contribution is -2.29. The molecule has 1 unspecified atom stereocenters. The Morgan fingerprint density at radius 1 is 1.29 bits per heavy atom. The molecule has 0 amide bonds. The fraction of sp³-hybridized carbons (Fsp3) is 0.500. The first kappa shape index (κ1) is 12.0. The molecule has 0 heterocycles. The van der Waals surface area contributed by atoms with Crippen molar-refractivity contribution < 1.29 is 4.74 Å². The van der Waals surface area contributed by atoms with Gasteiger partial charge in [-0.15, -0.1) is 0 Å². The maximum absolute atomic E-state index is 5.91. The van der Waals surface area contributed by atoms with E-state index in [1.54, 1.807) is 0 Å². The minimum atomic E-state index is 0.0242. The summed E-state index contributed by atoms with van der Waals surface area (Å²) in [5, 5.41) is 0. The van der Waals surface area contributed by atoms with Crippen molar-refractivity contribution in [2.24, 2.45) is 0 Å². The van der Waals surface area contributed by atoms with Gasteiger partial charge in [0.1, 0.15) is 0 Å². The monoisotopic (exact) mass is 304 g/mol. The second kappa shape index (κ2) is 5.71. The first-order chi connectivity index (χ1) is 6.70. The SMILES string of the molecule is CCC(C)(CI)OCc1ccccc1. The summed E-state index contributed by atoms with van der Waals surface area (Å²) in [7, 11) is 0. The van der Waals surface area contributed by atoms with Crippen molar-refractivity contribution in [2.75, 3.05) is 4.43 Å². The predicted molar refractivity (Wildman–Crippen MR) is 68.8 cm³/mol. The fourth-order valence-electron chi connectivity index (χ4n) is 1.07. The maximum Gasteiger partial charge on any atom is 0.0745 e. The van der Waals surface area contributed by atoms with Gasteiger partial charge in [0.2, 0.25) is 0 Å². The Morgan fingerprint density at radius 3 is 2.43 bits per heavy atom. The van der Waals surface area contributed by atoms with Gasteiger partial charge in [0.25, 0.3) is 0 Å². The van der Waals surface area contributed by atoms with E-state index in [1.165, 1.54) is 5.56 Å². The summed E-state index contributed by atoms with van der Waals surface area (Å²) in [6, 6.07) is 10.3. The number of alkyl halides is 1. The van der Waals surface area contributed by atoms with Crippen molar-refractivity contribution in [1.82, 2.24) is 0 Å². The van der Waals surface area contributed by atoms with Crippen LogP contribution in [-0.4, -0.2) is 10.0 Å². The number of benzene rings is 1. The van der Waals surface area contributed by atoms with Gasteiger partial charge in [0.15, 0.2) is 0 Å². The number of halogens is 1. The van der Waals surface area contributed by atoms with Gasteiger partial charge in [-0.3, -0.25) is 0 Å². The van der Waals surface area contributed by atoms with Crippen LogP contribution in [0.15, 0.2) is 30.3 Å². The van der Waals surface area contributed by atoms with Crippen LogP contribution in [0.4, 0.5) is 0 Å². The molecule has 2 heteroatoms. The molecule has 0 N–H and O–H groups in total. The summed E-state index contributed by atoms with van der Waals surface area (Å²) in [6.07, 6.45) is 1.06. The second-order valence-electron chi connectivity index (χ2n) is 3.71. The van der Waals surface area contributed by atoms with Gasteiger partial charge in [-0.25, -0.2) is 0 Å². The Labute approximate surface area is 100.0 Å². The number of ether oxygens (including phenoxy) is 1. The standard InChI is InChI=1S/C12H17IO/c1-3-12(2,10-13)14-9-11-7-5-4-6-8-11/h4-8H,3,9-10H2,1-2H3. The Bertz CT molecular complexity index is 254. The third-order valence-corrected chi connectivity index (χ3v) is 4.07. The van der Waals surface area contributed by atoms with Crippen LogP contribution in [0, 0.1) is 0 Å². The average molecular weight is 304 g/mol. The highest BCUT2D eigenvalue weighted by Gasteiger charge is 2.20. The Morgan fingerprint density at radius 2 is 1.93 bits per heavy atom. The molecule has 0 radical (unpaired) electrons. The van der Waals surface area contributed by atoms with E-state index in [9.17, 15) is 0 Å². The molecular formula is C12H17IO. The molecule has 0 saturated heterocycles. The van der Waals surface area contributed by atoms with Crippen molar-refractivity contribution in [1.29, 1.82) is 0 Å². The summed E-state index contributed by atoms with van der Waals surface area (Å²) < 4.78 is 6.94. The molecular weight excluding hydrogens is 287 g/mol. The third-order valence-electron chi connectivity index (χ3n) is 2.46. The van der Waals surface area contributed by atoms with Gasteiger partial charge >= 0.3 is 0 Å². The van der Waals surface area contributed by atoms with E-state index in [-0.39, 0.29) is 5.60 Å². The third kappa shape index (κ3) is 3.58. The molecule has 0 bridgehead atoms. The molecule has 78 valence electrons. The Hall–Kier alpha value is -0.0900. The van der Waals surface area contributed by atoms with Crippen LogP contribution in [0.3, 0.4) is 0 Å². The number of hydrogen-bond acceptors (Lipinski definition) is 1. The van der Waals surface area contributed by atoms with Crippen molar-refractivity contribution in [3.05, 3.63) is 35.9 Å². The average Bonchev–Trinajstić information content (AvgIpc) is 2.27. The lowest BCUT2D eigenvalue weighted by atomic mass is 10.1. The minimum Gasteiger partial charge on any atom is -0.370 e. The summed E-state index contributed by atoms with van der Waals surface area (Å²) >= 11 is 2.38.